The molecule has 0 unspecified atom stereocenters. The van der Waals surface area contributed by atoms with Crippen LogP contribution in [0.3, 0.4) is 0 Å². The average Bonchev–Trinajstić information content (AvgIpc) is 2.23. The molecule has 0 aliphatic heterocycles. The predicted molar refractivity (Wildman–Crippen MR) is 61.2 cm³/mol. The maximum atomic E-state index is 11.6. The van der Waals surface area contributed by atoms with Gasteiger partial charge in [0.1, 0.15) is 0 Å². The zero-order valence-corrected chi connectivity index (χ0v) is 10.6. The molecule has 5 nitrogen and oxygen atoms in total. The van der Waals surface area contributed by atoms with Crippen molar-refractivity contribution in [2.24, 2.45) is 5.73 Å². The molecular formula is C9H22N2O3S. The van der Waals surface area contributed by atoms with Crippen molar-refractivity contribution in [2.45, 2.75) is 32.2 Å². The molecule has 0 heterocycles. The van der Waals surface area contributed by atoms with Crippen molar-refractivity contribution < 1.29 is 13.2 Å². The molecule has 92 valence electrons. The van der Waals surface area contributed by atoms with Gasteiger partial charge in [0, 0.05) is 19.2 Å². The van der Waals surface area contributed by atoms with Crippen LogP contribution in [0.1, 0.15) is 26.7 Å². The second-order valence-electron chi connectivity index (χ2n) is 3.61. The Kier molecular flexibility index (Phi) is 6.35. The zero-order chi connectivity index (χ0) is 11.9. The first-order chi connectivity index (χ1) is 6.95. The summed E-state index contributed by atoms with van der Waals surface area (Å²) in [5.41, 5.74) is 5.10. The van der Waals surface area contributed by atoms with Crippen LogP contribution in [0.2, 0.25) is 0 Å². The maximum absolute atomic E-state index is 11.6. The summed E-state index contributed by atoms with van der Waals surface area (Å²) in [6, 6.07) is 0. The average molecular weight is 238 g/mol. The fourth-order valence-electron chi connectivity index (χ4n) is 1.30. The zero-order valence-electron chi connectivity index (χ0n) is 9.75. The van der Waals surface area contributed by atoms with Crippen molar-refractivity contribution in [3.63, 3.8) is 0 Å². The lowest BCUT2D eigenvalue weighted by Crippen LogP contribution is -2.53. The number of methoxy groups -OCH3 is 1. The highest BCUT2D eigenvalue weighted by Gasteiger charge is 2.29. The lowest BCUT2D eigenvalue weighted by Gasteiger charge is -2.30. The number of hydrogen-bond donors (Lipinski definition) is 2. The Bertz CT molecular complexity index is 252. The fourth-order valence-corrected chi connectivity index (χ4v) is 2.82. The summed E-state index contributed by atoms with van der Waals surface area (Å²) < 4.78 is 30.7. The van der Waals surface area contributed by atoms with E-state index in [1.807, 2.05) is 13.8 Å². The highest BCUT2D eigenvalue weighted by molar-refractivity contribution is 7.89. The number of ether oxygens (including phenoxy) is 1. The molecule has 0 aromatic carbocycles. The molecule has 0 saturated carbocycles. The van der Waals surface area contributed by atoms with Crippen LogP contribution in [-0.4, -0.2) is 40.0 Å². The SMILES string of the molecule is CCC(CC)(CN)NS(=O)(=O)CCOC. The van der Waals surface area contributed by atoms with E-state index in [9.17, 15) is 8.42 Å². The Balaban J connectivity index is 4.52. The summed E-state index contributed by atoms with van der Waals surface area (Å²) >= 11 is 0. The van der Waals surface area contributed by atoms with E-state index in [4.69, 9.17) is 10.5 Å². The Hall–Kier alpha value is -0.170. The van der Waals surface area contributed by atoms with Gasteiger partial charge >= 0.3 is 0 Å². The summed E-state index contributed by atoms with van der Waals surface area (Å²) in [4.78, 5) is 0. The molecule has 0 aromatic rings. The van der Waals surface area contributed by atoms with Gasteiger partial charge in [-0.2, -0.15) is 0 Å². The van der Waals surface area contributed by atoms with Crippen LogP contribution in [0.15, 0.2) is 0 Å². The van der Waals surface area contributed by atoms with Crippen molar-refractivity contribution in [2.75, 3.05) is 26.0 Å². The van der Waals surface area contributed by atoms with Crippen molar-refractivity contribution in [1.82, 2.24) is 4.72 Å². The van der Waals surface area contributed by atoms with Gasteiger partial charge in [-0.25, -0.2) is 13.1 Å². The Labute approximate surface area is 92.4 Å². The van der Waals surface area contributed by atoms with Crippen LogP contribution in [0.5, 0.6) is 0 Å². The van der Waals surface area contributed by atoms with E-state index in [1.165, 1.54) is 7.11 Å². The summed E-state index contributed by atoms with van der Waals surface area (Å²) in [6.45, 7) is 4.36. The molecule has 0 aliphatic carbocycles. The molecule has 0 amide bonds. The molecule has 0 atom stereocenters. The minimum Gasteiger partial charge on any atom is -0.384 e. The second kappa shape index (κ2) is 6.42. The summed E-state index contributed by atoms with van der Waals surface area (Å²) in [7, 11) is -1.82. The van der Waals surface area contributed by atoms with Crippen molar-refractivity contribution in [3.05, 3.63) is 0 Å². The molecule has 6 heteroatoms. The third-order valence-electron chi connectivity index (χ3n) is 2.67. The first-order valence-electron chi connectivity index (χ1n) is 5.16. The van der Waals surface area contributed by atoms with Gasteiger partial charge in [-0.05, 0) is 12.8 Å². The van der Waals surface area contributed by atoms with Crippen LogP contribution in [0.25, 0.3) is 0 Å². The molecule has 0 rings (SSSR count). The molecule has 0 spiro atoms. The Morgan fingerprint density at radius 3 is 2.20 bits per heavy atom. The van der Waals surface area contributed by atoms with Gasteiger partial charge in [0.25, 0.3) is 0 Å². The van der Waals surface area contributed by atoms with Crippen LogP contribution in [0.4, 0.5) is 0 Å². The van der Waals surface area contributed by atoms with Gasteiger partial charge in [-0.3, -0.25) is 0 Å². The summed E-state index contributed by atoms with van der Waals surface area (Å²) in [5.74, 6) is -0.0226. The molecule has 0 fully saturated rings. The molecule has 15 heavy (non-hydrogen) atoms. The monoisotopic (exact) mass is 238 g/mol. The molecule has 0 saturated heterocycles. The van der Waals surface area contributed by atoms with Crippen molar-refractivity contribution in [3.8, 4) is 0 Å². The highest BCUT2D eigenvalue weighted by Crippen LogP contribution is 2.14. The fraction of sp³-hybridized carbons (Fsp3) is 1.00. The molecule has 0 bridgehead atoms. The lowest BCUT2D eigenvalue weighted by atomic mass is 9.95. The number of rotatable bonds is 8. The van der Waals surface area contributed by atoms with Crippen LogP contribution in [0, 0.1) is 0 Å². The maximum Gasteiger partial charge on any atom is 0.214 e. The Morgan fingerprint density at radius 2 is 1.87 bits per heavy atom. The third-order valence-corrected chi connectivity index (χ3v) is 4.12. The smallest absolute Gasteiger partial charge is 0.214 e. The van der Waals surface area contributed by atoms with E-state index in [1.54, 1.807) is 0 Å². The first kappa shape index (κ1) is 14.8. The van der Waals surface area contributed by atoms with Gasteiger partial charge in [0.15, 0.2) is 0 Å². The van der Waals surface area contributed by atoms with Gasteiger partial charge < -0.3 is 10.5 Å². The van der Waals surface area contributed by atoms with Crippen molar-refractivity contribution >= 4 is 10.0 Å². The first-order valence-corrected chi connectivity index (χ1v) is 6.81. The minimum atomic E-state index is -3.29. The second-order valence-corrected chi connectivity index (χ2v) is 5.45. The largest absolute Gasteiger partial charge is 0.384 e. The predicted octanol–water partition coefficient (Wildman–Crippen LogP) is 0.0697. The van der Waals surface area contributed by atoms with Gasteiger partial charge in [-0.15, -0.1) is 0 Å². The highest BCUT2D eigenvalue weighted by atomic mass is 32.2. The molecule has 0 radical (unpaired) electrons. The van der Waals surface area contributed by atoms with Gasteiger partial charge in [-0.1, -0.05) is 13.8 Å². The van der Waals surface area contributed by atoms with Crippen LogP contribution >= 0.6 is 0 Å². The number of sulfonamides is 1. The molecule has 0 aromatic heterocycles. The minimum absolute atomic E-state index is 0.0226. The van der Waals surface area contributed by atoms with Crippen LogP contribution in [-0.2, 0) is 14.8 Å². The van der Waals surface area contributed by atoms with E-state index in [2.05, 4.69) is 4.72 Å². The molecule has 3 N–H and O–H groups in total. The van der Waals surface area contributed by atoms with E-state index in [0.29, 0.717) is 19.4 Å². The topological polar surface area (TPSA) is 81.4 Å². The Morgan fingerprint density at radius 1 is 1.33 bits per heavy atom. The van der Waals surface area contributed by atoms with E-state index in [-0.39, 0.29) is 12.4 Å². The molecule has 0 aliphatic rings. The van der Waals surface area contributed by atoms with E-state index < -0.39 is 15.6 Å². The molecular weight excluding hydrogens is 216 g/mol. The normalized spacial score (nSPS) is 13.1. The number of nitrogens with one attached hydrogen (secondary N) is 1. The lowest BCUT2D eigenvalue weighted by molar-refractivity contribution is 0.216. The summed E-state index contributed by atoms with van der Waals surface area (Å²) in [5, 5.41) is 0. The standard InChI is InChI=1S/C9H22N2O3S/c1-4-9(5-2,8-10)11-15(12,13)7-6-14-3/h11H,4-8,10H2,1-3H3. The number of nitrogens with two attached hydrogens (primary N) is 1. The van der Waals surface area contributed by atoms with Gasteiger partial charge in [0.05, 0.1) is 12.4 Å². The van der Waals surface area contributed by atoms with Crippen LogP contribution < -0.4 is 10.5 Å². The quantitative estimate of drug-likeness (QED) is 0.627. The summed E-state index contributed by atoms with van der Waals surface area (Å²) in [6.07, 6.45) is 1.37. The van der Waals surface area contributed by atoms with Gasteiger partial charge in [0.2, 0.25) is 10.0 Å². The van der Waals surface area contributed by atoms with E-state index in [0.717, 1.165) is 0 Å². The van der Waals surface area contributed by atoms with E-state index >= 15 is 0 Å². The number of hydrogen-bond acceptors (Lipinski definition) is 4. The third kappa shape index (κ3) is 4.92. The van der Waals surface area contributed by atoms with Crippen molar-refractivity contribution in [1.29, 1.82) is 0 Å².